The quantitative estimate of drug-likeness (QED) is 0.819. The fourth-order valence-corrected chi connectivity index (χ4v) is 2.74. The molecule has 1 aliphatic heterocycles. The van der Waals surface area contributed by atoms with Crippen LogP contribution in [0.4, 0.5) is 8.78 Å². The molecule has 23 heavy (non-hydrogen) atoms. The smallest absolute Gasteiger partial charge is 0.387 e. The Morgan fingerprint density at radius 2 is 2.13 bits per heavy atom. The van der Waals surface area contributed by atoms with E-state index in [4.69, 9.17) is 4.74 Å². The molecule has 0 saturated heterocycles. The fraction of sp³-hybridized carbons (Fsp3) is 0.438. The maximum atomic E-state index is 12.4. The monoisotopic (exact) mass is 323 g/mol. The number of ether oxygens (including phenoxy) is 2. The van der Waals surface area contributed by atoms with E-state index < -0.39 is 6.61 Å². The van der Waals surface area contributed by atoms with Gasteiger partial charge in [0.2, 0.25) is 0 Å². The maximum absolute atomic E-state index is 12.4. The molecular weight excluding hydrogens is 304 g/mol. The zero-order valence-electron chi connectivity index (χ0n) is 12.9. The third kappa shape index (κ3) is 3.79. The first-order valence-electron chi connectivity index (χ1n) is 7.57. The van der Waals surface area contributed by atoms with E-state index in [1.807, 2.05) is 19.4 Å². The topological polar surface area (TPSA) is 39.5 Å². The highest BCUT2D eigenvalue weighted by molar-refractivity contribution is 5.43. The van der Waals surface area contributed by atoms with E-state index in [-0.39, 0.29) is 5.75 Å². The van der Waals surface area contributed by atoms with E-state index >= 15 is 0 Å². The second kappa shape index (κ2) is 6.95. The standard InChI is InChI=1S/C16H19F2N3O2/c1-2-22-15-7-12(3-4-14(15)23-16(17)18)9-20-5-6-21-11-19-8-13(21)10-20/h3-4,7-8,11,16H,2,5-6,9-10H2,1H3. The van der Waals surface area contributed by atoms with Gasteiger partial charge in [0, 0.05) is 32.4 Å². The van der Waals surface area contributed by atoms with E-state index in [0.717, 1.165) is 31.7 Å². The van der Waals surface area contributed by atoms with E-state index in [1.54, 1.807) is 18.2 Å². The van der Waals surface area contributed by atoms with Crippen LogP contribution in [0.3, 0.4) is 0 Å². The molecule has 1 aliphatic rings. The summed E-state index contributed by atoms with van der Waals surface area (Å²) in [7, 11) is 0. The van der Waals surface area contributed by atoms with Crippen molar-refractivity contribution in [3.05, 3.63) is 42.0 Å². The third-order valence-corrected chi connectivity index (χ3v) is 3.77. The number of hydrogen-bond donors (Lipinski definition) is 0. The molecule has 1 aromatic heterocycles. The van der Waals surface area contributed by atoms with Gasteiger partial charge in [0.15, 0.2) is 11.5 Å². The van der Waals surface area contributed by atoms with E-state index in [9.17, 15) is 8.78 Å². The van der Waals surface area contributed by atoms with Crippen molar-refractivity contribution < 1.29 is 18.3 Å². The summed E-state index contributed by atoms with van der Waals surface area (Å²) in [6, 6.07) is 5.11. The predicted molar refractivity (Wildman–Crippen MR) is 80.6 cm³/mol. The number of fused-ring (bicyclic) bond motifs is 1. The van der Waals surface area contributed by atoms with Gasteiger partial charge >= 0.3 is 6.61 Å². The first kappa shape index (κ1) is 15.7. The van der Waals surface area contributed by atoms with Crippen LogP contribution in [0.15, 0.2) is 30.7 Å². The molecule has 2 heterocycles. The van der Waals surface area contributed by atoms with Crippen molar-refractivity contribution in [2.24, 2.45) is 0 Å². The van der Waals surface area contributed by atoms with Crippen LogP contribution in [-0.2, 0) is 19.6 Å². The third-order valence-electron chi connectivity index (χ3n) is 3.77. The minimum Gasteiger partial charge on any atom is -0.490 e. The molecule has 0 N–H and O–H groups in total. The molecule has 2 aromatic rings. The van der Waals surface area contributed by atoms with Crippen LogP contribution in [0.1, 0.15) is 18.2 Å². The molecule has 0 unspecified atom stereocenters. The molecule has 0 spiro atoms. The van der Waals surface area contributed by atoms with Gasteiger partial charge in [-0.25, -0.2) is 4.98 Å². The average molecular weight is 323 g/mol. The Kier molecular flexibility index (Phi) is 4.76. The molecule has 0 radical (unpaired) electrons. The molecule has 3 rings (SSSR count). The zero-order valence-corrected chi connectivity index (χ0v) is 12.9. The van der Waals surface area contributed by atoms with Gasteiger partial charge in [-0.2, -0.15) is 8.78 Å². The molecule has 0 amide bonds. The fourth-order valence-electron chi connectivity index (χ4n) is 2.74. The lowest BCUT2D eigenvalue weighted by molar-refractivity contribution is -0.0514. The molecule has 1 aromatic carbocycles. The molecule has 0 aliphatic carbocycles. The average Bonchev–Trinajstić information content (AvgIpc) is 2.97. The van der Waals surface area contributed by atoms with Crippen LogP contribution in [0.5, 0.6) is 11.5 Å². The highest BCUT2D eigenvalue weighted by atomic mass is 19.3. The number of rotatable bonds is 6. The van der Waals surface area contributed by atoms with Gasteiger partial charge in [-0.3, -0.25) is 4.90 Å². The van der Waals surface area contributed by atoms with Crippen LogP contribution in [0.2, 0.25) is 0 Å². The summed E-state index contributed by atoms with van der Waals surface area (Å²) in [4.78, 5) is 6.44. The maximum Gasteiger partial charge on any atom is 0.387 e. The Labute approximate surface area is 133 Å². The number of nitrogens with zero attached hydrogens (tertiary/aromatic N) is 3. The number of benzene rings is 1. The van der Waals surface area contributed by atoms with Gasteiger partial charge in [-0.15, -0.1) is 0 Å². The van der Waals surface area contributed by atoms with Crippen LogP contribution < -0.4 is 9.47 Å². The highest BCUT2D eigenvalue weighted by Crippen LogP contribution is 2.30. The lowest BCUT2D eigenvalue weighted by Gasteiger charge is -2.28. The number of aromatic nitrogens is 2. The molecule has 0 atom stereocenters. The SMILES string of the molecule is CCOc1cc(CN2CCn3cncc3C2)ccc1OC(F)F. The second-order valence-corrected chi connectivity index (χ2v) is 5.38. The lowest BCUT2D eigenvalue weighted by Crippen LogP contribution is -2.32. The van der Waals surface area contributed by atoms with Crippen molar-refractivity contribution in [3.63, 3.8) is 0 Å². The van der Waals surface area contributed by atoms with Gasteiger partial charge in [-0.1, -0.05) is 6.07 Å². The Morgan fingerprint density at radius 3 is 2.91 bits per heavy atom. The summed E-state index contributed by atoms with van der Waals surface area (Å²) in [5.41, 5.74) is 2.18. The van der Waals surface area contributed by atoms with E-state index in [0.29, 0.717) is 12.4 Å². The van der Waals surface area contributed by atoms with Gasteiger partial charge in [-0.05, 0) is 24.6 Å². The Hall–Kier alpha value is -2.15. The number of halogens is 2. The van der Waals surface area contributed by atoms with E-state index in [1.165, 1.54) is 5.69 Å². The summed E-state index contributed by atoms with van der Waals surface area (Å²) in [5, 5.41) is 0. The minimum absolute atomic E-state index is 0.0716. The molecule has 7 heteroatoms. The summed E-state index contributed by atoms with van der Waals surface area (Å²) < 4.78 is 36.9. The molecule has 0 fully saturated rings. The lowest BCUT2D eigenvalue weighted by atomic mass is 10.1. The number of imidazole rings is 1. The zero-order chi connectivity index (χ0) is 16.2. The number of hydrogen-bond acceptors (Lipinski definition) is 4. The molecule has 0 bridgehead atoms. The Bertz CT molecular complexity index is 661. The van der Waals surface area contributed by atoms with Crippen LogP contribution in [0.25, 0.3) is 0 Å². The highest BCUT2D eigenvalue weighted by Gasteiger charge is 2.17. The normalized spacial score (nSPS) is 14.8. The molecular formula is C16H19F2N3O2. The van der Waals surface area contributed by atoms with Crippen LogP contribution >= 0.6 is 0 Å². The van der Waals surface area contributed by atoms with Gasteiger partial charge < -0.3 is 14.0 Å². The van der Waals surface area contributed by atoms with Gasteiger partial charge in [0.1, 0.15) is 0 Å². The van der Waals surface area contributed by atoms with Gasteiger partial charge in [0.25, 0.3) is 0 Å². The summed E-state index contributed by atoms with van der Waals surface area (Å²) >= 11 is 0. The van der Waals surface area contributed by atoms with Crippen molar-refractivity contribution in [1.29, 1.82) is 0 Å². The minimum atomic E-state index is -2.86. The first-order valence-corrected chi connectivity index (χ1v) is 7.57. The van der Waals surface area contributed by atoms with Crippen molar-refractivity contribution in [3.8, 4) is 11.5 Å². The van der Waals surface area contributed by atoms with Crippen molar-refractivity contribution >= 4 is 0 Å². The largest absolute Gasteiger partial charge is 0.490 e. The Morgan fingerprint density at radius 1 is 1.26 bits per heavy atom. The summed E-state index contributed by atoms with van der Waals surface area (Å²) in [6.45, 7) is 2.71. The molecule has 0 saturated carbocycles. The predicted octanol–water partition coefficient (Wildman–Crippen LogP) is 2.90. The van der Waals surface area contributed by atoms with Crippen LogP contribution in [0, 0.1) is 0 Å². The molecule has 124 valence electrons. The second-order valence-electron chi connectivity index (χ2n) is 5.38. The van der Waals surface area contributed by atoms with Crippen molar-refractivity contribution in [1.82, 2.24) is 14.5 Å². The summed E-state index contributed by atoms with van der Waals surface area (Å²) in [6.07, 6.45) is 3.72. The van der Waals surface area contributed by atoms with Crippen LogP contribution in [-0.4, -0.2) is 34.2 Å². The Balaban J connectivity index is 1.71. The van der Waals surface area contributed by atoms with E-state index in [2.05, 4.69) is 19.2 Å². The van der Waals surface area contributed by atoms with Crippen molar-refractivity contribution in [2.75, 3.05) is 13.2 Å². The van der Waals surface area contributed by atoms with Crippen molar-refractivity contribution in [2.45, 2.75) is 33.2 Å². The summed E-state index contributed by atoms with van der Waals surface area (Å²) in [5.74, 6) is 0.426. The molecule has 5 nitrogen and oxygen atoms in total. The van der Waals surface area contributed by atoms with Gasteiger partial charge in [0.05, 0.1) is 18.6 Å². The first-order chi connectivity index (χ1) is 11.2. The number of alkyl halides is 2.